The summed E-state index contributed by atoms with van der Waals surface area (Å²) in [4.78, 5) is 26.9. The number of ether oxygens (including phenoxy) is 1. The maximum atomic E-state index is 12.2. The van der Waals surface area contributed by atoms with Crippen molar-refractivity contribution in [3.05, 3.63) is 53.9 Å². The third kappa shape index (κ3) is 2.74. The summed E-state index contributed by atoms with van der Waals surface area (Å²) in [5.74, 6) is -1.26. The predicted octanol–water partition coefficient (Wildman–Crippen LogP) is 2.04. The molecule has 0 fully saturated rings. The van der Waals surface area contributed by atoms with Crippen LogP contribution >= 0.6 is 0 Å². The minimum atomic E-state index is -1.21. The first kappa shape index (κ1) is 13.5. The Hall–Kier alpha value is -2.89. The summed E-state index contributed by atoms with van der Waals surface area (Å²) < 4.78 is 5.09. The molecule has 2 rings (SSSR count). The van der Waals surface area contributed by atoms with Crippen molar-refractivity contribution in [1.82, 2.24) is 4.98 Å². The Morgan fingerprint density at radius 1 is 1.20 bits per heavy atom. The molecule has 20 heavy (non-hydrogen) atoms. The number of nitrogens with zero attached hydrogens (tertiary/aromatic N) is 1. The molecular formula is C14H12N2O4. The molecule has 0 bridgehead atoms. The van der Waals surface area contributed by atoms with Gasteiger partial charge in [-0.15, -0.1) is 0 Å². The molecule has 1 heterocycles. The van der Waals surface area contributed by atoms with E-state index in [1.807, 2.05) is 0 Å². The number of methoxy groups -OCH3 is 1. The lowest BCUT2D eigenvalue weighted by atomic mass is 10.2. The van der Waals surface area contributed by atoms with E-state index in [9.17, 15) is 9.59 Å². The van der Waals surface area contributed by atoms with Gasteiger partial charge in [-0.25, -0.2) is 9.78 Å². The lowest BCUT2D eigenvalue weighted by Crippen LogP contribution is -2.16. The molecule has 2 N–H and O–H groups in total. The zero-order valence-electron chi connectivity index (χ0n) is 10.7. The van der Waals surface area contributed by atoms with E-state index in [1.165, 1.54) is 19.4 Å². The van der Waals surface area contributed by atoms with Gasteiger partial charge in [-0.3, -0.25) is 4.79 Å². The molecule has 0 aliphatic heterocycles. The quantitative estimate of drug-likeness (QED) is 0.889. The maximum absolute atomic E-state index is 12.2. The third-order valence-electron chi connectivity index (χ3n) is 2.61. The van der Waals surface area contributed by atoms with Gasteiger partial charge in [-0.2, -0.15) is 0 Å². The number of aromatic carboxylic acids is 1. The largest absolute Gasteiger partial charge is 0.496 e. The lowest BCUT2D eigenvalue weighted by molar-refractivity contribution is 0.0692. The van der Waals surface area contributed by atoms with Gasteiger partial charge in [0.25, 0.3) is 5.91 Å². The third-order valence-corrected chi connectivity index (χ3v) is 2.61. The van der Waals surface area contributed by atoms with Crippen molar-refractivity contribution >= 4 is 17.6 Å². The van der Waals surface area contributed by atoms with Crippen LogP contribution in [0.2, 0.25) is 0 Å². The normalized spacial score (nSPS) is 9.85. The number of anilines is 1. The van der Waals surface area contributed by atoms with Crippen molar-refractivity contribution in [3.63, 3.8) is 0 Å². The molecule has 0 aliphatic carbocycles. The summed E-state index contributed by atoms with van der Waals surface area (Å²) in [5.41, 5.74) is 0.238. The summed E-state index contributed by atoms with van der Waals surface area (Å²) in [6.07, 6.45) is 1.35. The Labute approximate surface area is 115 Å². The van der Waals surface area contributed by atoms with Crippen LogP contribution in [0.1, 0.15) is 20.8 Å². The SMILES string of the molecule is COc1ccccc1C(=O)Nc1cccnc1C(=O)O. The van der Waals surface area contributed by atoms with Crippen molar-refractivity contribution in [2.75, 3.05) is 12.4 Å². The molecule has 6 heteroatoms. The van der Waals surface area contributed by atoms with E-state index in [2.05, 4.69) is 10.3 Å². The minimum Gasteiger partial charge on any atom is -0.496 e. The lowest BCUT2D eigenvalue weighted by Gasteiger charge is -2.10. The van der Waals surface area contributed by atoms with Gasteiger partial charge < -0.3 is 15.2 Å². The van der Waals surface area contributed by atoms with Gasteiger partial charge in [0.2, 0.25) is 0 Å². The molecule has 102 valence electrons. The first-order chi connectivity index (χ1) is 9.63. The fourth-order valence-electron chi connectivity index (χ4n) is 1.70. The Morgan fingerprint density at radius 3 is 2.65 bits per heavy atom. The highest BCUT2D eigenvalue weighted by Gasteiger charge is 2.16. The van der Waals surface area contributed by atoms with Crippen LogP contribution < -0.4 is 10.1 Å². The fourth-order valence-corrected chi connectivity index (χ4v) is 1.70. The van der Waals surface area contributed by atoms with Gasteiger partial charge >= 0.3 is 5.97 Å². The van der Waals surface area contributed by atoms with Crippen LogP contribution in [-0.4, -0.2) is 29.1 Å². The molecule has 0 unspecified atom stereocenters. The molecule has 1 aromatic heterocycles. The van der Waals surface area contributed by atoms with Crippen LogP contribution in [-0.2, 0) is 0 Å². The maximum Gasteiger partial charge on any atom is 0.356 e. The number of carbonyl (C=O) groups is 2. The topological polar surface area (TPSA) is 88.5 Å². The van der Waals surface area contributed by atoms with Crippen LogP contribution in [0.3, 0.4) is 0 Å². The van der Waals surface area contributed by atoms with Crippen molar-refractivity contribution in [2.45, 2.75) is 0 Å². The van der Waals surface area contributed by atoms with Crippen LogP contribution in [0.5, 0.6) is 5.75 Å². The van der Waals surface area contributed by atoms with Crippen molar-refractivity contribution in [3.8, 4) is 5.75 Å². The molecule has 0 saturated carbocycles. The second-order valence-corrected chi connectivity index (χ2v) is 3.86. The number of benzene rings is 1. The standard InChI is InChI=1S/C14H12N2O4/c1-20-11-7-3-2-5-9(11)13(17)16-10-6-4-8-15-12(10)14(18)19/h2-8H,1H3,(H,16,17)(H,18,19). The van der Waals surface area contributed by atoms with Gasteiger partial charge in [0.05, 0.1) is 18.4 Å². The number of carboxylic acid groups (broad SMARTS) is 1. The summed E-state index contributed by atoms with van der Waals surface area (Å²) in [7, 11) is 1.46. The number of aromatic nitrogens is 1. The molecule has 2 aromatic rings. The fraction of sp³-hybridized carbons (Fsp3) is 0.0714. The minimum absolute atomic E-state index is 0.135. The van der Waals surface area contributed by atoms with E-state index in [-0.39, 0.29) is 11.4 Å². The average Bonchev–Trinajstić information content (AvgIpc) is 2.47. The second kappa shape index (κ2) is 5.83. The van der Waals surface area contributed by atoms with Gasteiger partial charge in [-0.05, 0) is 24.3 Å². The van der Waals surface area contributed by atoms with E-state index in [0.29, 0.717) is 11.3 Å². The molecule has 0 aliphatic rings. The highest BCUT2D eigenvalue weighted by atomic mass is 16.5. The summed E-state index contributed by atoms with van der Waals surface area (Å²) in [6.45, 7) is 0. The van der Waals surface area contributed by atoms with Crippen molar-refractivity contribution in [1.29, 1.82) is 0 Å². The van der Waals surface area contributed by atoms with Crippen LogP contribution in [0, 0.1) is 0 Å². The molecule has 1 aromatic carbocycles. The molecule has 0 spiro atoms. The number of amides is 1. The van der Waals surface area contributed by atoms with Crippen LogP contribution in [0.25, 0.3) is 0 Å². The zero-order chi connectivity index (χ0) is 14.5. The monoisotopic (exact) mass is 272 g/mol. The van der Waals surface area contributed by atoms with Crippen LogP contribution in [0.4, 0.5) is 5.69 Å². The van der Waals surface area contributed by atoms with E-state index in [4.69, 9.17) is 9.84 Å². The summed E-state index contributed by atoms with van der Waals surface area (Å²) in [6, 6.07) is 9.69. The van der Waals surface area contributed by atoms with Gasteiger partial charge in [0.15, 0.2) is 5.69 Å². The molecule has 1 amide bonds. The summed E-state index contributed by atoms with van der Waals surface area (Å²) in [5, 5.41) is 11.5. The number of hydrogen-bond acceptors (Lipinski definition) is 4. The smallest absolute Gasteiger partial charge is 0.356 e. The molecular weight excluding hydrogens is 260 g/mol. The number of hydrogen-bond donors (Lipinski definition) is 2. The zero-order valence-corrected chi connectivity index (χ0v) is 10.7. The van der Waals surface area contributed by atoms with E-state index < -0.39 is 11.9 Å². The number of rotatable bonds is 4. The van der Waals surface area contributed by atoms with Gasteiger partial charge in [0, 0.05) is 6.20 Å². The molecule has 0 radical (unpaired) electrons. The van der Waals surface area contributed by atoms with E-state index >= 15 is 0 Å². The Morgan fingerprint density at radius 2 is 1.95 bits per heavy atom. The van der Waals surface area contributed by atoms with Crippen molar-refractivity contribution < 1.29 is 19.4 Å². The number of para-hydroxylation sites is 1. The average molecular weight is 272 g/mol. The number of carbonyl (C=O) groups excluding carboxylic acids is 1. The second-order valence-electron chi connectivity index (χ2n) is 3.86. The highest BCUT2D eigenvalue weighted by Crippen LogP contribution is 2.20. The predicted molar refractivity (Wildman–Crippen MR) is 72.1 cm³/mol. The number of nitrogens with one attached hydrogen (secondary N) is 1. The number of carboxylic acids is 1. The van der Waals surface area contributed by atoms with E-state index in [0.717, 1.165) is 0 Å². The van der Waals surface area contributed by atoms with Gasteiger partial charge in [-0.1, -0.05) is 12.1 Å². The first-order valence-corrected chi connectivity index (χ1v) is 5.76. The van der Waals surface area contributed by atoms with Crippen molar-refractivity contribution in [2.24, 2.45) is 0 Å². The van der Waals surface area contributed by atoms with Crippen LogP contribution in [0.15, 0.2) is 42.6 Å². The number of pyridine rings is 1. The highest BCUT2D eigenvalue weighted by molar-refractivity contribution is 6.08. The first-order valence-electron chi connectivity index (χ1n) is 5.76. The molecule has 0 atom stereocenters. The Balaban J connectivity index is 2.31. The van der Waals surface area contributed by atoms with E-state index in [1.54, 1.807) is 30.3 Å². The Bertz CT molecular complexity index is 655. The molecule has 6 nitrogen and oxygen atoms in total. The van der Waals surface area contributed by atoms with Gasteiger partial charge in [0.1, 0.15) is 5.75 Å². The summed E-state index contributed by atoms with van der Waals surface area (Å²) >= 11 is 0. The Kier molecular flexibility index (Phi) is 3.95. The molecule has 0 saturated heterocycles.